The molecule has 0 radical (unpaired) electrons. The Balaban J connectivity index is 1.43. The molecule has 6 nitrogen and oxygen atoms in total. The molecule has 0 saturated carbocycles. The van der Waals surface area contributed by atoms with Crippen molar-refractivity contribution >= 4 is 39.3 Å². The van der Waals surface area contributed by atoms with Gasteiger partial charge in [0.2, 0.25) is 0 Å². The molecule has 0 unspecified atom stereocenters. The zero-order valence-electron chi connectivity index (χ0n) is 22.3. The van der Waals surface area contributed by atoms with Crippen molar-refractivity contribution < 1.29 is 9.59 Å². The molecule has 3 aromatic heterocycles. The lowest BCUT2D eigenvalue weighted by molar-refractivity contribution is 0.0926. The molecule has 6 heteroatoms. The molecule has 4 aromatic carbocycles. The number of nitrogens with zero attached hydrogens (tertiary/aromatic N) is 4. The van der Waals surface area contributed by atoms with Crippen molar-refractivity contribution in [3.63, 3.8) is 0 Å². The standard InChI is InChI=1S/C36H22N4O2/c41-35-30-11-4-12-31(34(30)36(42)39(35)27-9-2-1-3-10-27)40-32-19-23(25-7-5-17-37-21-25)13-15-28(32)29-16-14-24(20-33(29)40)26-8-6-18-38-22-26/h1-22H. The summed E-state index contributed by atoms with van der Waals surface area (Å²) < 4.78 is 2.11. The number of rotatable bonds is 4. The molecular weight excluding hydrogens is 520 g/mol. The first kappa shape index (κ1) is 24.0. The molecule has 0 saturated heterocycles. The van der Waals surface area contributed by atoms with Crippen LogP contribution in [0.25, 0.3) is 49.7 Å². The third-order valence-corrected chi connectivity index (χ3v) is 7.91. The van der Waals surface area contributed by atoms with Crippen molar-refractivity contribution in [1.29, 1.82) is 0 Å². The summed E-state index contributed by atoms with van der Waals surface area (Å²) in [5.41, 5.74) is 7.86. The fraction of sp³-hybridized carbons (Fsp3) is 0. The van der Waals surface area contributed by atoms with E-state index in [0.29, 0.717) is 22.5 Å². The maximum absolute atomic E-state index is 14.0. The molecule has 0 fully saturated rings. The predicted octanol–water partition coefficient (Wildman–Crippen LogP) is 7.71. The topological polar surface area (TPSA) is 68.1 Å². The number of carbonyl (C=O) groups is 2. The highest BCUT2D eigenvalue weighted by atomic mass is 16.2. The number of amides is 2. The van der Waals surface area contributed by atoms with E-state index in [1.807, 2.05) is 67.0 Å². The van der Waals surface area contributed by atoms with Crippen LogP contribution in [0.1, 0.15) is 20.7 Å². The molecule has 0 N–H and O–H groups in total. The average molecular weight is 543 g/mol. The number of hydrogen-bond acceptors (Lipinski definition) is 4. The first-order chi connectivity index (χ1) is 20.7. The number of pyridine rings is 2. The highest BCUT2D eigenvalue weighted by Crippen LogP contribution is 2.40. The number of hydrogen-bond donors (Lipinski definition) is 0. The predicted molar refractivity (Wildman–Crippen MR) is 165 cm³/mol. The third kappa shape index (κ3) is 3.59. The number of para-hydroxylation sites is 1. The minimum Gasteiger partial charge on any atom is -0.308 e. The van der Waals surface area contributed by atoms with E-state index in [2.05, 4.69) is 50.9 Å². The van der Waals surface area contributed by atoms with E-state index in [1.165, 1.54) is 4.90 Å². The SMILES string of the molecule is O=C1c2cccc(-n3c4cc(-c5cccnc5)ccc4c4ccc(-c5cccnc5)cc43)c2C(=O)N1c1ccccc1. The lowest BCUT2D eigenvalue weighted by Crippen LogP contribution is -2.29. The Morgan fingerprint density at radius 3 is 1.71 bits per heavy atom. The zero-order chi connectivity index (χ0) is 28.2. The van der Waals surface area contributed by atoms with E-state index in [1.54, 1.807) is 30.6 Å². The molecule has 1 aliphatic rings. The number of carbonyl (C=O) groups excluding carboxylic acids is 2. The van der Waals surface area contributed by atoms with Gasteiger partial charge in [-0.1, -0.05) is 60.7 Å². The maximum atomic E-state index is 14.0. The quantitative estimate of drug-likeness (QED) is 0.214. The van der Waals surface area contributed by atoms with Gasteiger partial charge in [-0.3, -0.25) is 19.6 Å². The van der Waals surface area contributed by atoms with E-state index in [4.69, 9.17) is 0 Å². The van der Waals surface area contributed by atoms with Crippen LogP contribution in [0.15, 0.2) is 134 Å². The summed E-state index contributed by atoms with van der Waals surface area (Å²) in [5.74, 6) is -0.658. The van der Waals surface area contributed by atoms with Gasteiger partial charge in [-0.15, -0.1) is 0 Å². The number of imide groups is 1. The van der Waals surface area contributed by atoms with Crippen LogP contribution in [0.5, 0.6) is 0 Å². The average Bonchev–Trinajstić information content (AvgIpc) is 3.52. The largest absolute Gasteiger partial charge is 0.308 e. The van der Waals surface area contributed by atoms with Gasteiger partial charge < -0.3 is 4.57 Å². The van der Waals surface area contributed by atoms with Crippen LogP contribution < -0.4 is 4.90 Å². The molecule has 0 aliphatic carbocycles. The third-order valence-electron chi connectivity index (χ3n) is 7.91. The van der Waals surface area contributed by atoms with Gasteiger partial charge >= 0.3 is 0 Å². The van der Waals surface area contributed by atoms with Crippen molar-refractivity contribution in [1.82, 2.24) is 14.5 Å². The Bertz CT molecular complexity index is 2080. The Kier molecular flexibility index (Phi) is 5.34. The van der Waals surface area contributed by atoms with Crippen molar-refractivity contribution in [3.8, 4) is 27.9 Å². The zero-order valence-corrected chi connectivity index (χ0v) is 22.3. The van der Waals surface area contributed by atoms with Crippen molar-refractivity contribution in [2.24, 2.45) is 0 Å². The minimum absolute atomic E-state index is 0.323. The molecule has 0 spiro atoms. The second kappa shape index (κ2) is 9.35. The second-order valence-electron chi connectivity index (χ2n) is 10.3. The highest BCUT2D eigenvalue weighted by Gasteiger charge is 2.39. The van der Waals surface area contributed by atoms with Crippen LogP contribution in [0.4, 0.5) is 5.69 Å². The smallest absolute Gasteiger partial charge is 0.268 e. The first-order valence-electron chi connectivity index (χ1n) is 13.7. The monoisotopic (exact) mass is 542 g/mol. The normalized spacial score (nSPS) is 12.8. The number of fused-ring (bicyclic) bond motifs is 4. The Morgan fingerprint density at radius 1 is 0.524 bits per heavy atom. The van der Waals surface area contributed by atoms with Gasteiger partial charge in [-0.2, -0.15) is 0 Å². The number of aromatic nitrogens is 3. The molecule has 1 aliphatic heterocycles. The van der Waals surface area contributed by atoms with Crippen LogP contribution >= 0.6 is 0 Å². The van der Waals surface area contributed by atoms with Gasteiger partial charge in [0.1, 0.15) is 0 Å². The fourth-order valence-electron chi connectivity index (χ4n) is 5.97. The summed E-state index contributed by atoms with van der Waals surface area (Å²) in [5, 5.41) is 2.09. The lowest BCUT2D eigenvalue weighted by atomic mass is 10.0. The van der Waals surface area contributed by atoms with Gasteiger partial charge in [-0.25, -0.2) is 4.90 Å². The lowest BCUT2D eigenvalue weighted by Gasteiger charge is -2.15. The van der Waals surface area contributed by atoms with Crippen LogP contribution in [-0.4, -0.2) is 26.3 Å². The van der Waals surface area contributed by atoms with Crippen molar-refractivity contribution in [3.05, 3.63) is 145 Å². The molecule has 0 atom stereocenters. The summed E-state index contributed by atoms with van der Waals surface area (Å²) in [6.45, 7) is 0. The number of anilines is 1. The Morgan fingerprint density at radius 2 is 1.14 bits per heavy atom. The van der Waals surface area contributed by atoms with E-state index in [0.717, 1.165) is 44.1 Å². The van der Waals surface area contributed by atoms with Gasteiger partial charge in [0.15, 0.2) is 0 Å². The van der Waals surface area contributed by atoms with E-state index in [-0.39, 0.29) is 11.8 Å². The van der Waals surface area contributed by atoms with Gasteiger partial charge in [0, 0.05) is 46.7 Å². The molecule has 42 heavy (non-hydrogen) atoms. The molecular formula is C36H22N4O2. The molecule has 7 aromatic rings. The van der Waals surface area contributed by atoms with Crippen LogP contribution in [0.3, 0.4) is 0 Å². The molecule has 8 rings (SSSR count). The molecule has 0 bridgehead atoms. The summed E-state index contributed by atoms with van der Waals surface area (Å²) in [6.07, 6.45) is 7.20. The van der Waals surface area contributed by atoms with Crippen molar-refractivity contribution in [2.75, 3.05) is 4.90 Å². The second-order valence-corrected chi connectivity index (χ2v) is 10.3. The van der Waals surface area contributed by atoms with Crippen LogP contribution in [0.2, 0.25) is 0 Å². The summed E-state index contributed by atoms with van der Waals surface area (Å²) >= 11 is 0. The highest BCUT2D eigenvalue weighted by molar-refractivity contribution is 6.35. The molecule has 198 valence electrons. The molecule has 4 heterocycles. The van der Waals surface area contributed by atoms with E-state index >= 15 is 0 Å². The first-order valence-corrected chi connectivity index (χ1v) is 13.7. The Labute approximate surface area is 241 Å². The maximum Gasteiger partial charge on any atom is 0.268 e. The summed E-state index contributed by atoms with van der Waals surface area (Å²) in [7, 11) is 0. The summed E-state index contributed by atoms with van der Waals surface area (Å²) in [6, 6.07) is 35.2. The van der Waals surface area contributed by atoms with Crippen LogP contribution in [0, 0.1) is 0 Å². The van der Waals surface area contributed by atoms with Crippen LogP contribution in [-0.2, 0) is 0 Å². The van der Waals surface area contributed by atoms with E-state index < -0.39 is 0 Å². The molecule has 2 amide bonds. The summed E-state index contributed by atoms with van der Waals surface area (Å²) in [4.78, 5) is 37.6. The van der Waals surface area contributed by atoms with Gasteiger partial charge in [0.25, 0.3) is 11.8 Å². The Hall–Kier alpha value is -5.88. The minimum atomic E-state index is -0.335. The number of benzene rings is 4. The van der Waals surface area contributed by atoms with Gasteiger partial charge in [-0.05, 0) is 59.7 Å². The van der Waals surface area contributed by atoms with E-state index in [9.17, 15) is 9.59 Å². The van der Waals surface area contributed by atoms with Gasteiger partial charge in [0.05, 0.1) is 33.5 Å². The van der Waals surface area contributed by atoms with Crippen molar-refractivity contribution in [2.45, 2.75) is 0 Å². The fourth-order valence-corrected chi connectivity index (χ4v) is 5.97.